The molecule has 186 valence electrons. The van der Waals surface area contributed by atoms with Crippen molar-refractivity contribution in [3.8, 4) is 5.69 Å². The Hall–Kier alpha value is -3.12. The van der Waals surface area contributed by atoms with Crippen molar-refractivity contribution in [3.63, 3.8) is 0 Å². The molecule has 1 N–H and O–H groups in total. The zero-order valence-corrected chi connectivity index (χ0v) is 19.8. The van der Waals surface area contributed by atoms with Gasteiger partial charge in [-0.2, -0.15) is 5.10 Å². The first-order valence-electron chi connectivity index (χ1n) is 11.5. The Morgan fingerprint density at radius 3 is 2.46 bits per heavy atom. The summed E-state index contributed by atoms with van der Waals surface area (Å²) in [6.07, 6.45) is 4.04. The summed E-state index contributed by atoms with van der Waals surface area (Å²) in [6, 6.07) is 5.68. The maximum atomic E-state index is 13.2. The van der Waals surface area contributed by atoms with E-state index < -0.39 is 15.4 Å². The van der Waals surface area contributed by atoms with Gasteiger partial charge >= 0.3 is 0 Å². The van der Waals surface area contributed by atoms with Gasteiger partial charge in [0.1, 0.15) is 27.4 Å². The van der Waals surface area contributed by atoms with Crippen LogP contribution in [-0.4, -0.2) is 73.9 Å². The molecular weight excluding hydrogens is 477 g/mol. The molecule has 0 radical (unpaired) electrons. The third kappa shape index (κ3) is 4.72. The van der Waals surface area contributed by atoms with Crippen LogP contribution in [-0.2, 0) is 21.2 Å². The summed E-state index contributed by atoms with van der Waals surface area (Å²) in [5.41, 5.74) is -0.630. The normalized spacial score (nSPS) is 20.2. The molecule has 2 aliphatic heterocycles. The number of carbonyl (C=O) groups is 1. The molecule has 1 amide bonds. The average Bonchev–Trinajstić information content (AvgIpc) is 3.26. The van der Waals surface area contributed by atoms with Crippen molar-refractivity contribution in [2.75, 3.05) is 24.6 Å². The maximum Gasteiger partial charge on any atom is 0.264 e. The van der Waals surface area contributed by atoms with Crippen LogP contribution in [0.2, 0.25) is 0 Å². The third-order valence-electron chi connectivity index (χ3n) is 7.00. The smallest absolute Gasteiger partial charge is 0.264 e. The Morgan fingerprint density at radius 2 is 1.80 bits per heavy atom. The summed E-state index contributed by atoms with van der Waals surface area (Å²) in [5, 5.41) is 15.6. The summed E-state index contributed by atoms with van der Waals surface area (Å²) >= 11 is 0. The molecule has 4 heterocycles. The van der Waals surface area contributed by atoms with Gasteiger partial charge in [0.25, 0.3) is 5.56 Å². The first-order chi connectivity index (χ1) is 16.6. The van der Waals surface area contributed by atoms with Crippen molar-refractivity contribution in [2.24, 2.45) is 5.92 Å². The molecule has 2 aliphatic rings. The zero-order valence-electron chi connectivity index (χ0n) is 19.0. The van der Waals surface area contributed by atoms with Crippen molar-refractivity contribution in [2.45, 2.75) is 37.8 Å². The molecule has 35 heavy (non-hydrogen) atoms. The summed E-state index contributed by atoms with van der Waals surface area (Å²) in [4.78, 5) is 31.9. The molecule has 10 nitrogen and oxygen atoms in total. The van der Waals surface area contributed by atoms with Gasteiger partial charge in [-0.1, -0.05) is 0 Å². The molecule has 2 aromatic heterocycles. The number of piperidine rings is 1. The summed E-state index contributed by atoms with van der Waals surface area (Å²) in [7, 11) is -3.04. The van der Waals surface area contributed by atoms with Gasteiger partial charge in [-0.05, 0) is 49.9 Å². The fraction of sp³-hybridized carbons (Fsp3) is 0.478. The summed E-state index contributed by atoms with van der Waals surface area (Å²) in [6.45, 7) is 0.706. The van der Waals surface area contributed by atoms with Crippen molar-refractivity contribution in [3.05, 3.63) is 53.0 Å². The van der Waals surface area contributed by atoms with E-state index in [9.17, 15) is 27.5 Å². The molecule has 3 aromatic rings. The van der Waals surface area contributed by atoms with E-state index in [0.29, 0.717) is 50.1 Å². The highest BCUT2D eigenvalue weighted by molar-refractivity contribution is 7.91. The topological polar surface area (TPSA) is 127 Å². The predicted molar refractivity (Wildman–Crippen MR) is 125 cm³/mol. The van der Waals surface area contributed by atoms with E-state index in [1.807, 2.05) is 0 Å². The molecular formula is C23H26FN5O5S. The van der Waals surface area contributed by atoms with Crippen LogP contribution in [0.1, 0.15) is 25.7 Å². The van der Waals surface area contributed by atoms with Gasteiger partial charge in [0.2, 0.25) is 5.91 Å². The fourth-order valence-electron chi connectivity index (χ4n) is 4.85. The van der Waals surface area contributed by atoms with Crippen molar-refractivity contribution < 1.29 is 22.7 Å². The van der Waals surface area contributed by atoms with E-state index >= 15 is 0 Å². The zero-order chi connectivity index (χ0) is 24.8. The number of likely N-dealkylation sites (tertiary alicyclic amines) is 1. The Kier molecular flexibility index (Phi) is 5.96. The fourth-order valence-corrected chi connectivity index (χ4v) is 6.34. The second-order valence-electron chi connectivity index (χ2n) is 9.42. The Morgan fingerprint density at radius 1 is 1.14 bits per heavy atom. The van der Waals surface area contributed by atoms with Crippen LogP contribution in [0.5, 0.6) is 0 Å². The van der Waals surface area contributed by atoms with Crippen molar-refractivity contribution >= 4 is 26.8 Å². The van der Waals surface area contributed by atoms with Crippen LogP contribution in [0.3, 0.4) is 0 Å². The highest BCUT2D eigenvalue weighted by atomic mass is 32.2. The number of nitrogens with zero attached hydrogens (tertiary/aromatic N) is 5. The monoisotopic (exact) mass is 503 g/mol. The van der Waals surface area contributed by atoms with Gasteiger partial charge in [0, 0.05) is 19.0 Å². The number of hydrogen-bond acceptors (Lipinski definition) is 7. The van der Waals surface area contributed by atoms with Gasteiger partial charge in [-0.3, -0.25) is 14.2 Å². The predicted octanol–water partition coefficient (Wildman–Crippen LogP) is 0.900. The van der Waals surface area contributed by atoms with E-state index in [1.165, 1.54) is 33.9 Å². The highest BCUT2D eigenvalue weighted by Crippen LogP contribution is 2.28. The van der Waals surface area contributed by atoms with Crippen LogP contribution in [0.15, 0.2) is 41.6 Å². The van der Waals surface area contributed by atoms with E-state index in [0.717, 1.165) is 0 Å². The number of rotatable bonds is 4. The number of carbonyl (C=O) groups excluding carboxylic acids is 1. The van der Waals surface area contributed by atoms with Gasteiger partial charge in [-0.15, -0.1) is 0 Å². The number of amides is 1. The van der Waals surface area contributed by atoms with Crippen LogP contribution in [0.25, 0.3) is 16.7 Å². The summed E-state index contributed by atoms with van der Waals surface area (Å²) < 4.78 is 39.3. The van der Waals surface area contributed by atoms with Gasteiger partial charge < -0.3 is 10.0 Å². The Labute approximate surface area is 200 Å². The molecule has 0 bridgehead atoms. The lowest BCUT2D eigenvalue weighted by molar-refractivity contribution is -0.140. The SMILES string of the molecule is O=C(C1CCS(=O)(=O)CC1)N1CCC(O)(Cn2cnc3c(cnn3-c3ccc(F)cc3)c2=O)CC1. The van der Waals surface area contributed by atoms with E-state index in [-0.39, 0.29) is 46.6 Å². The molecule has 0 atom stereocenters. The van der Waals surface area contributed by atoms with Gasteiger partial charge in [0.05, 0.1) is 35.5 Å². The molecule has 0 unspecified atom stereocenters. The molecule has 5 rings (SSSR count). The number of aromatic nitrogens is 4. The van der Waals surface area contributed by atoms with Crippen molar-refractivity contribution in [1.82, 2.24) is 24.2 Å². The lowest BCUT2D eigenvalue weighted by atomic mass is 9.90. The number of fused-ring (bicyclic) bond motifs is 1. The van der Waals surface area contributed by atoms with Crippen LogP contribution < -0.4 is 5.56 Å². The van der Waals surface area contributed by atoms with Crippen LogP contribution in [0.4, 0.5) is 4.39 Å². The van der Waals surface area contributed by atoms with Gasteiger partial charge in [0.15, 0.2) is 5.65 Å². The van der Waals surface area contributed by atoms with Gasteiger partial charge in [-0.25, -0.2) is 22.5 Å². The molecule has 0 saturated carbocycles. The number of halogens is 1. The molecule has 0 aliphatic carbocycles. The van der Waals surface area contributed by atoms with E-state index in [4.69, 9.17) is 0 Å². The van der Waals surface area contributed by atoms with E-state index in [2.05, 4.69) is 10.1 Å². The molecule has 0 spiro atoms. The number of hydrogen-bond donors (Lipinski definition) is 1. The Bertz CT molecular complexity index is 1410. The van der Waals surface area contributed by atoms with Crippen LogP contribution >= 0.6 is 0 Å². The lowest BCUT2D eigenvalue weighted by Crippen LogP contribution is -2.51. The number of aliphatic hydroxyl groups is 1. The summed E-state index contributed by atoms with van der Waals surface area (Å²) in [5.74, 6) is -0.658. The number of sulfone groups is 1. The quantitative estimate of drug-likeness (QED) is 0.560. The molecule has 1 aromatic carbocycles. The minimum atomic E-state index is -3.04. The second kappa shape index (κ2) is 8.83. The maximum absolute atomic E-state index is 13.2. The van der Waals surface area contributed by atoms with Crippen LogP contribution in [0, 0.1) is 11.7 Å². The third-order valence-corrected chi connectivity index (χ3v) is 8.72. The largest absolute Gasteiger partial charge is 0.388 e. The minimum Gasteiger partial charge on any atom is -0.388 e. The molecule has 12 heteroatoms. The molecule has 2 fully saturated rings. The lowest BCUT2D eigenvalue weighted by Gasteiger charge is -2.40. The number of benzene rings is 1. The average molecular weight is 504 g/mol. The van der Waals surface area contributed by atoms with Crippen molar-refractivity contribution in [1.29, 1.82) is 0 Å². The molecule has 2 saturated heterocycles. The first kappa shape index (κ1) is 23.6. The Balaban J connectivity index is 1.27. The minimum absolute atomic E-state index is 0.0280. The second-order valence-corrected chi connectivity index (χ2v) is 11.7. The standard InChI is InChI=1S/C23H26FN5O5S/c24-17-1-3-18(4-2-17)29-20-19(13-26-29)22(31)28(15-25-20)14-23(32)7-9-27(10-8-23)21(30)16-5-11-35(33,34)12-6-16/h1-4,13,15-16,32H,5-12,14H2. The first-order valence-corrected chi connectivity index (χ1v) is 13.4. The highest BCUT2D eigenvalue weighted by Gasteiger charge is 2.38. The van der Waals surface area contributed by atoms with E-state index in [1.54, 1.807) is 17.0 Å².